The maximum Gasteiger partial charge on any atom is 0.225 e. The highest BCUT2D eigenvalue weighted by atomic mass is 16.2. The quantitative estimate of drug-likeness (QED) is 0.872. The fourth-order valence-corrected chi connectivity index (χ4v) is 3.78. The number of piperidine rings is 1. The molecule has 0 saturated carbocycles. The van der Waals surface area contributed by atoms with Crippen LogP contribution in [0.4, 0.5) is 5.82 Å². The van der Waals surface area contributed by atoms with Crippen LogP contribution >= 0.6 is 0 Å². The van der Waals surface area contributed by atoms with E-state index in [4.69, 9.17) is 0 Å². The van der Waals surface area contributed by atoms with E-state index in [1.54, 1.807) is 0 Å². The minimum Gasteiger partial charge on any atom is -0.357 e. The molecule has 0 unspecified atom stereocenters. The summed E-state index contributed by atoms with van der Waals surface area (Å²) >= 11 is 0. The van der Waals surface area contributed by atoms with Gasteiger partial charge < -0.3 is 14.4 Å². The first-order chi connectivity index (χ1) is 11.8. The molecule has 4 rings (SSSR count). The van der Waals surface area contributed by atoms with Crippen LogP contribution in [0, 0.1) is 5.92 Å². The normalized spacial score (nSPS) is 19.0. The molecule has 5 heteroatoms. The van der Waals surface area contributed by atoms with Gasteiger partial charge in [0.25, 0.3) is 0 Å². The highest BCUT2D eigenvalue weighted by Crippen LogP contribution is 2.25. The molecule has 2 saturated heterocycles. The van der Waals surface area contributed by atoms with Crippen molar-refractivity contribution in [3.63, 3.8) is 0 Å². The van der Waals surface area contributed by atoms with Gasteiger partial charge in [-0.2, -0.15) is 0 Å². The third-order valence-electron chi connectivity index (χ3n) is 5.22. The summed E-state index contributed by atoms with van der Waals surface area (Å²) < 4.78 is 2.05. The van der Waals surface area contributed by atoms with Gasteiger partial charge in [-0.3, -0.25) is 4.79 Å². The predicted octanol–water partition coefficient (Wildman–Crippen LogP) is 2.71. The van der Waals surface area contributed by atoms with Crippen molar-refractivity contribution in [2.45, 2.75) is 25.7 Å². The van der Waals surface area contributed by atoms with E-state index in [1.165, 1.54) is 12.8 Å². The highest BCUT2D eigenvalue weighted by Gasteiger charge is 2.30. The molecule has 2 aromatic rings. The molecule has 0 N–H and O–H groups in total. The first-order valence-electron chi connectivity index (χ1n) is 8.94. The zero-order valence-corrected chi connectivity index (χ0v) is 14.0. The number of carbonyl (C=O) groups excluding carboxylic acids is 1. The second kappa shape index (κ2) is 6.67. The molecule has 2 fully saturated rings. The Morgan fingerprint density at radius 3 is 2.33 bits per heavy atom. The monoisotopic (exact) mass is 324 g/mol. The molecule has 4 heterocycles. The smallest absolute Gasteiger partial charge is 0.225 e. The Bertz CT molecular complexity index is 666. The van der Waals surface area contributed by atoms with Crippen LogP contribution in [0.1, 0.15) is 25.7 Å². The van der Waals surface area contributed by atoms with Gasteiger partial charge in [-0.05, 0) is 49.9 Å². The molecule has 0 aliphatic carbocycles. The van der Waals surface area contributed by atoms with Crippen LogP contribution in [0.15, 0.2) is 42.9 Å². The molecule has 126 valence electrons. The molecule has 1 amide bonds. The Kier molecular flexibility index (Phi) is 4.24. The summed E-state index contributed by atoms with van der Waals surface area (Å²) in [5.41, 5.74) is 1.07. The number of pyridine rings is 1. The first kappa shape index (κ1) is 15.2. The molecular formula is C19H24N4O. The average Bonchev–Trinajstić information content (AvgIpc) is 3.35. The Labute approximate surface area is 142 Å². The fraction of sp³-hybridized carbons (Fsp3) is 0.474. The molecule has 0 atom stereocenters. The van der Waals surface area contributed by atoms with E-state index < -0.39 is 0 Å². The van der Waals surface area contributed by atoms with Gasteiger partial charge in [0.05, 0.1) is 11.9 Å². The van der Waals surface area contributed by atoms with Crippen LogP contribution < -0.4 is 4.90 Å². The van der Waals surface area contributed by atoms with Gasteiger partial charge in [-0.1, -0.05) is 0 Å². The standard InChI is InChI=1S/C19H24N4O/c24-19(23-11-3-4-12-23)16-7-13-22(14-8-16)18-6-5-17(15-20-18)21-9-1-2-10-21/h1-2,5-6,9-10,15-16H,3-4,7-8,11-14H2. The summed E-state index contributed by atoms with van der Waals surface area (Å²) in [6.07, 6.45) is 10.2. The van der Waals surface area contributed by atoms with Gasteiger partial charge in [0.2, 0.25) is 5.91 Å². The molecule has 5 nitrogen and oxygen atoms in total. The second-order valence-corrected chi connectivity index (χ2v) is 6.76. The van der Waals surface area contributed by atoms with Crippen LogP contribution in [0.2, 0.25) is 0 Å². The van der Waals surface area contributed by atoms with Crippen molar-refractivity contribution in [1.82, 2.24) is 14.5 Å². The Morgan fingerprint density at radius 2 is 1.71 bits per heavy atom. The lowest BCUT2D eigenvalue weighted by Gasteiger charge is -2.33. The van der Waals surface area contributed by atoms with E-state index in [0.717, 1.165) is 50.5 Å². The maximum absolute atomic E-state index is 12.5. The van der Waals surface area contributed by atoms with Gasteiger partial charge in [0.1, 0.15) is 5.82 Å². The third-order valence-corrected chi connectivity index (χ3v) is 5.22. The SMILES string of the molecule is O=C(C1CCN(c2ccc(-n3cccc3)cn2)CC1)N1CCCC1. The third kappa shape index (κ3) is 3.03. The fourth-order valence-electron chi connectivity index (χ4n) is 3.78. The molecule has 24 heavy (non-hydrogen) atoms. The largest absolute Gasteiger partial charge is 0.357 e. The number of hydrogen-bond acceptors (Lipinski definition) is 3. The van der Waals surface area contributed by atoms with Crippen LogP contribution in [0.25, 0.3) is 5.69 Å². The minimum absolute atomic E-state index is 0.207. The van der Waals surface area contributed by atoms with Crippen molar-refractivity contribution < 1.29 is 4.79 Å². The molecule has 0 bridgehead atoms. The zero-order chi connectivity index (χ0) is 16.4. The lowest BCUT2D eigenvalue weighted by atomic mass is 9.95. The van der Waals surface area contributed by atoms with E-state index in [9.17, 15) is 4.79 Å². The number of amides is 1. The number of nitrogens with zero attached hydrogens (tertiary/aromatic N) is 4. The molecule has 2 aromatic heterocycles. The summed E-state index contributed by atoms with van der Waals surface area (Å²) in [7, 11) is 0. The van der Waals surface area contributed by atoms with Crippen molar-refractivity contribution in [3.05, 3.63) is 42.9 Å². The van der Waals surface area contributed by atoms with Gasteiger partial charge in [0.15, 0.2) is 0 Å². The summed E-state index contributed by atoms with van der Waals surface area (Å²) in [6.45, 7) is 3.75. The van der Waals surface area contributed by atoms with Gasteiger partial charge >= 0.3 is 0 Å². The molecule has 2 aliphatic rings. The zero-order valence-electron chi connectivity index (χ0n) is 14.0. The Morgan fingerprint density at radius 1 is 1.00 bits per heavy atom. The Hall–Kier alpha value is -2.30. The van der Waals surface area contributed by atoms with E-state index in [2.05, 4.69) is 31.5 Å². The van der Waals surface area contributed by atoms with Crippen molar-refractivity contribution in [3.8, 4) is 5.69 Å². The summed E-state index contributed by atoms with van der Waals surface area (Å²) in [5.74, 6) is 1.60. The number of likely N-dealkylation sites (tertiary alicyclic amines) is 1. The summed E-state index contributed by atoms with van der Waals surface area (Å²) in [6, 6.07) is 8.20. The minimum atomic E-state index is 0.207. The highest BCUT2D eigenvalue weighted by molar-refractivity contribution is 5.79. The predicted molar refractivity (Wildman–Crippen MR) is 94.3 cm³/mol. The number of rotatable bonds is 3. The van der Waals surface area contributed by atoms with E-state index in [-0.39, 0.29) is 5.92 Å². The first-order valence-corrected chi connectivity index (χ1v) is 8.94. The number of hydrogen-bond donors (Lipinski definition) is 0. The number of anilines is 1. The van der Waals surface area contributed by atoms with Crippen molar-refractivity contribution in [1.29, 1.82) is 0 Å². The summed E-state index contributed by atoms with van der Waals surface area (Å²) in [4.78, 5) is 21.5. The Balaban J connectivity index is 1.36. The van der Waals surface area contributed by atoms with Crippen molar-refractivity contribution in [2.75, 3.05) is 31.1 Å². The summed E-state index contributed by atoms with van der Waals surface area (Å²) in [5, 5.41) is 0. The van der Waals surface area contributed by atoms with Crippen molar-refractivity contribution in [2.24, 2.45) is 5.92 Å². The molecule has 0 spiro atoms. The van der Waals surface area contributed by atoms with Crippen LogP contribution in [-0.2, 0) is 4.79 Å². The average molecular weight is 324 g/mol. The number of aromatic nitrogens is 2. The lowest BCUT2D eigenvalue weighted by Crippen LogP contribution is -2.41. The van der Waals surface area contributed by atoms with E-state index >= 15 is 0 Å². The molecule has 2 aliphatic heterocycles. The molecule has 0 aromatic carbocycles. The van der Waals surface area contributed by atoms with E-state index in [0.29, 0.717) is 5.91 Å². The molecule has 0 radical (unpaired) electrons. The maximum atomic E-state index is 12.5. The van der Waals surface area contributed by atoms with Crippen LogP contribution in [0.3, 0.4) is 0 Å². The van der Waals surface area contributed by atoms with Gasteiger partial charge in [-0.25, -0.2) is 4.98 Å². The molecular weight excluding hydrogens is 300 g/mol. The van der Waals surface area contributed by atoms with Gasteiger partial charge in [-0.15, -0.1) is 0 Å². The van der Waals surface area contributed by atoms with Crippen LogP contribution in [-0.4, -0.2) is 46.5 Å². The number of carbonyl (C=O) groups is 1. The van der Waals surface area contributed by atoms with Gasteiger partial charge in [0, 0.05) is 44.5 Å². The second-order valence-electron chi connectivity index (χ2n) is 6.76. The topological polar surface area (TPSA) is 41.4 Å². The van der Waals surface area contributed by atoms with Crippen LogP contribution in [0.5, 0.6) is 0 Å². The van der Waals surface area contributed by atoms with E-state index in [1.807, 2.05) is 30.7 Å². The lowest BCUT2D eigenvalue weighted by molar-refractivity contribution is -0.135. The van der Waals surface area contributed by atoms with Crippen molar-refractivity contribution >= 4 is 11.7 Å².